The van der Waals surface area contributed by atoms with Gasteiger partial charge in [-0.2, -0.15) is 0 Å². The molecule has 2 aromatic rings. The zero-order valence-corrected chi connectivity index (χ0v) is 25.0. The van der Waals surface area contributed by atoms with Gasteiger partial charge in [0, 0.05) is 11.4 Å². The lowest BCUT2D eigenvalue weighted by Gasteiger charge is -2.28. The van der Waals surface area contributed by atoms with E-state index < -0.39 is 0 Å². The third kappa shape index (κ3) is 10.7. The normalized spacial score (nSPS) is 13.1. The second-order valence-electron chi connectivity index (χ2n) is 15.4. The van der Waals surface area contributed by atoms with E-state index in [1.165, 1.54) is 33.6 Å². The maximum atomic E-state index is 3.84. The Morgan fingerprint density at radius 2 is 0.657 bits per heavy atom. The number of anilines is 2. The van der Waals surface area contributed by atoms with Crippen molar-refractivity contribution in [3.63, 3.8) is 0 Å². The van der Waals surface area contributed by atoms with Crippen LogP contribution in [0.3, 0.4) is 0 Å². The minimum absolute atomic E-state index is 0.239. The van der Waals surface area contributed by atoms with Gasteiger partial charge in [-0.1, -0.05) is 119 Å². The van der Waals surface area contributed by atoms with Crippen LogP contribution in [0.15, 0.2) is 36.4 Å². The van der Waals surface area contributed by atoms with Crippen LogP contribution in [0.5, 0.6) is 0 Å². The third-order valence-corrected chi connectivity index (χ3v) is 5.89. The topological polar surface area (TPSA) is 24.1 Å². The van der Waals surface area contributed by atoms with Crippen molar-refractivity contribution in [2.45, 2.75) is 109 Å². The van der Waals surface area contributed by atoms with Crippen molar-refractivity contribution in [1.82, 2.24) is 0 Å². The first kappa shape index (κ1) is 29.3. The fourth-order valence-corrected chi connectivity index (χ4v) is 4.86. The van der Waals surface area contributed by atoms with E-state index in [1.807, 2.05) is 0 Å². The van der Waals surface area contributed by atoms with Gasteiger partial charge in [0.15, 0.2) is 0 Å². The van der Waals surface area contributed by atoms with E-state index in [1.54, 1.807) is 0 Å². The number of hydrogen-bond donors (Lipinski definition) is 2. The van der Waals surface area contributed by atoms with E-state index in [2.05, 4.69) is 130 Å². The van der Waals surface area contributed by atoms with Crippen LogP contribution in [0, 0.1) is 21.7 Å². The van der Waals surface area contributed by atoms with Gasteiger partial charge in [0.05, 0.1) is 6.67 Å². The van der Waals surface area contributed by atoms with Crippen LogP contribution in [0.1, 0.15) is 105 Å². The summed E-state index contributed by atoms with van der Waals surface area (Å²) in [5, 5.41) is 7.69. The van der Waals surface area contributed by atoms with Crippen LogP contribution in [0.4, 0.5) is 11.4 Å². The standard InChI is InChI=1S/C33H54N2/c1-30(2,3)19-24-15-13-16-25(20-31(4,5)6)28(24)34-23-35-29-26(21-32(7,8)9)17-14-18-27(29)22-33(10,11)12/h13-18,34-35H,19-23H2,1-12H3. The molecule has 35 heavy (non-hydrogen) atoms. The van der Waals surface area contributed by atoms with Gasteiger partial charge in [-0.05, 0) is 69.6 Å². The molecule has 0 fully saturated rings. The first-order valence-corrected chi connectivity index (χ1v) is 13.5. The summed E-state index contributed by atoms with van der Waals surface area (Å²) in [6.07, 6.45) is 4.23. The summed E-state index contributed by atoms with van der Waals surface area (Å²) in [7, 11) is 0. The van der Waals surface area contributed by atoms with Crippen LogP contribution >= 0.6 is 0 Å². The Balaban J connectivity index is 2.39. The summed E-state index contributed by atoms with van der Waals surface area (Å²) in [6.45, 7) is 28.6. The molecular weight excluding hydrogens is 424 g/mol. The SMILES string of the molecule is CC(C)(C)Cc1cccc(CC(C)(C)C)c1NCNc1c(CC(C)(C)C)cccc1CC(C)(C)C. The van der Waals surface area contributed by atoms with E-state index >= 15 is 0 Å². The van der Waals surface area contributed by atoms with Crippen molar-refractivity contribution in [3.05, 3.63) is 58.7 Å². The number of hydrogen-bond acceptors (Lipinski definition) is 2. The average Bonchev–Trinajstić information content (AvgIpc) is 2.60. The fourth-order valence-electron chi connectivity index (χ4n) is 4.86. The van der Waals surface area contributed by atoms with Crippen LogP contribution in [-0.2, 0) is 25.7 Å². The van der Waals surface area contributed by atoms with Crippen LogP contribution in [0.2, 0.25) is 0 Å². The second kappa shape index (κ2) is 11.0. The van der Waals surface area contributed by atoms with Gasteiger partial charge in [-0.25, -0.2) is 0 Å². The van der Waals surface area contributed by atoms with Gasteiger partial charge in [0.25, 0.3) is 0 Å². The predicted molar refractivity (Wildman–Crippen MR) is 158 cm³/mol. The number of nitrogens with one attached hydrogen (secondary N) is 2. The molecule has 0 aliphatic carbocycles. The van der Waals surface area contributed by atoms with Crippen molar-refractivity contribution in [3.8, 4) is 0 Å². The van der Waals surface area contributed by atoms with Crippen molar-refractivity contribution in [2.75, 3.05) is 17.3 Å². The molecule has 0 saturated carbocycles. The molecule has 0 radical (unpaired) electrons. The minimum atomic E-state index is 0.239. The third-order valence-electron chi connectivity index (χ3n) is 5.89. The molecule has 0 aliphatic rings. The van der Waals surface area contributed by atoms with E-state index in [-0.39, 0.29) is 21.7 Å². The van der Waals surface area contributed by atoms with Gasteiger partial charge < -0.3 is 10.6 Å². The summed E-state index contributed by atoms with van der Waals surface area (Å²) >= 11 is 0. The Bertz CT molecular complexity index is 809. The average molecular weight is 479 g/mol. The molecule has 0 unspecified atom stereocenters. The summed E-state index contributed by atoms with van der Waals surface area (Å²) in [5.41, 5.74) is 9.25. The lowest BCUT2D eigenvalue weighted by atomic mass is 9.83. The first-order chi connectivity index (χ1) is 15.8. The maximum absolute atomic E-state index is 3.84. The lowest BCUT2D eigenvalue weighted by molar-refractivity contribution is 0.406. The van der Waals surface area contributed by atoms with Crippen molar-refractivity contribution >= 4 is 11.4 Å². The van der Waals surface area contributed by atoms with Crippen molar-refractivity contribution in [1.29, 1.82) is 0 Å². The molecule has 2 heteroatoms. The molecule has 196 valence electrons. The van der Waals surface area contributed by atoms with E-state index in [0.29, 0.717) is 0 Å². The van der Waals surface area contributed by atoms with Crippen molar-refractivity contribution in [2.24, 2.45) is 21.7 Å². The molecule has 2 nitrogen and oxygen atoms in total. The zero-order chi connectivity index (χ0) is 26.7. The molecule has 0 amide bonds. The van der Waals surface area contributed by atoms with E-state index in [0.717, 1.165) is 32.4 Å². The molecule has 0 bridgehead atoms. The van der Waals surface area contributed by atoms with Crippen LogP contribution in [-0.4, -0.2) is 6.67 Å². The highest BCUT2D eigenvalue weighted by molar-refractivity contribution is 5.62. The Labute approximate surface area is 217 Å². The number of benzene rings is 2. The van der Waals surface area contributed by atoms with Crippen LogP contribution < -0.4 is 10.6 Å². The maximum Gasteiger partial charge on any atom is 0.0849 e. The van der Waals surface area contributed by atoms with Gasteiger partial charge in [0.1, 0.15) is 0 Å². The van der Waals surface area contributed by atoms with Crippen LogP contribution in [0.25, 0.3) is 0 Å². The number of rotatable bonds is 8. The molecule has 0 aromatic heterocycles. The monoisotopic (exact) mass is 478 g/mol. The molecule has 2 aromatic carbocycles. The zero-order valence-electron chi connectivity index (χ0n) is 25.0. The highest BCUT2D eigenvalue weighted by Gasteiger charge is 2.21. The smallest absolute Gasteiger partial charge is 0.0849 e. The highest BCUT2D eigenvalue weighted by Crippen LogP contribution is 2.34. The Kier molecular flexibility index (Phi) is 9.18. The van der Waals surface area contributed by atoms with E-state index in [9.17, 15) is 0 Å². The molecule has 0 heterocycles. The predicted octanol–water partition coefficient (Wildman–Crippen LogP) is 9.52. The number of para-hydroxylation sites is 2. The van der Waals surface area contributed by atoms with Gasteiger partial charge >= 0.3 is 0 Å². The Morgan fingerprint density at radius 1 is 0.429 bits per heavy atom. The molecule has 0 saturated heterocycles. The summed E-state index contributed by atoms with van der Waals surface area (Å²) in [6, 6.07) is 13.7. The molecule has 2 N–H and O–H groups in total. The van der Waals surface area contributed by atoms with Gasteiger partial charge in [-0.3, -0.25) is 0 Å². The van der Waals surface area contributed by atoms with Crippen molar-refractivity contribution < 1.29 is 0 Å². The summed E-state index contributed by atoms with van der Waals surface area (Å²) in [4.78, 5) is 0. The minimum Gasteiger partial charge on any atom is -0.367 e. The highest BCUT2D eigenvalue weighted by atomic mass is 15.1. The summed E-state index contributed by atoms with van der Waals surface area (Å²) < 4.78 is 0. The molecule has 0 atom stereocenters. The summed E-state index contributed by atoms with van der Waals surface area (Å²) in [5.74, 6) is 0. The van der Waals surface area contributed by atoms with E-state index in [4.69, 9.17) is 0 Å². The largest absolute Gasteiger partial charge is 0.367 e. The van der Waals surface area contributed by atoms with Gasteiger partial charge in [0.2, 0.25) is 0 Å². The molecule has 2 rings (SSSR count). The first-order valence-electron chi connectivity index (χ1n) is 13.5. The lowest BCUT2D eigenvalue weighted by Crippen LogP contribution is -2.21. The molecule has 0 spiro atoms. The Hall–Kier alpha value is -1.96. The quantitative estimate of drug-likeness (QED) is 0.369. The molecule has 0 aliphatic heterocycles. The Morgan fingerprint density at radius 3 is 0.857 bits per heavy atom. The van der Waals surface area contributed by atoms with Gasteiger partial charge in [-0.15, -0.1) is 0 Å². The fraction of sp³-hybridized carbons (Fsp3) is 0.636. The second-order valence-corrected chi connectivity index (χ2v) is 15.4. The molecular formula is C33H54N2.